The highest BCUT2D eigenvalue weighted by molar-refractivity contribution is 5.73. The molecule has 0 saturated carbocycles. The van der Waals surface area contributed by atoms with E-state index in [-0.39, 0.29) is 11.7 Å². The summed E-state index contributed by atoms with van der Waals surface area (Å²) >= 11 is 0. The Morgan fingerprint density at radius 1 is 1.05 bits per heavy atom. The zero-order valence-electron chi connectivity index (χ0n) is 14.6. The van der Waals surface area contributed by atoms with Gasteiger partial charge in [0, 0.05) is 29.1 Å². The first-order valence-corrected chi connectivity index (χ1v) is 7.75. The van der Waals surface area contributed by atoms with Crippen LogP contribution in [0, 0.1) is 19.7 Å². The number of rotatable bonds is 3. The number of pyridine rings is 1. The molecule has 2 aromatic rings. The quantitative estimate of drug-likeness (QED) is 0.729. The fraction of sp³-hybridized carbons (Fsp3) is 0.421. The van der Waals surface area contributed by atoms with E-state index in [1.165, 1.54) is 6.07 Å². The lowest BCUT2D eigenvalue weighted by atomic mass is 9.94. The fourth-order valence-electron chi connectivity index (χ4n) is 2.37. The van der Waals surface area contributed by atoms with E-state index in [4.69, 9.17) is 4.74 Å². The lowest BCUT2D eigenvalue weighted by Gasteiger charge is -2.15. The Labute approximate surface area is 133 Å². The summed E-state index contributed by atoms with van der Waals surface area (Å²) in [7, 11) is 1.56. The highest BCUT2D eigenvalue weighted by Gasteiger charge is 2.15. The third-order valence-electron chi connectivity index (χ3n) is 3.48. The maximum atomic E-state index is 14.1. The van der Waals surface area contributed by atoms with E-state index in [0.717, 1.165) is 22.4 Å². The monoisotopic (exact) mass is 303 g/mol. The van der Waals surface area contributed by atoms with E-state index in [2.05, 4.69) is 4.98 Å². The second kappa shape index (κ2) is 7.92. The van der Waals surface area contributed by atoms with Crippen LogP contribution in [-0.2, 0) is 0 Å². The minimum Gasteiger partial charge on any atom is -0.496 e. The second-order valence-corrected chi connectivity index (χ2v) is 5.37. The topological polar surface area (TPSA) is 22.1 Å². The molecule has 1 aromatic heterocycles. The van der Waals surface area contributed by atoms with Gasteiger partial charge in [-0.15, -0.1) is 0 Å². The van der Waals surface area contributed by atoms with Crippen molar-refractivity contribution in [2.24, 2.45) is 0 Å². The van der Waals surface area contributed by atoms with E-state index >= 15 is 0 Å². The van der Waals surface area contributed by atoms with Crippen LogP contribution in [0.15, 0.2) is 24.4 Å². The minimum atomic E-state index is -0.224. The number of benzene rings is 1. The van der Waals surface area contributed by atoms with Gasteiger partial charge in [0.1, 0.15) is 11.6 Å². The van der Waals surface area contributed by atoms with Crippen molar-refractivity contribution in [3.63, 3.8) is 0 Å². The van der Waals surface area contributed by atoms with Gasteiger partial charge in [-0.25, -0.2) is 4.39 Å². The molecular formula is C19H26FNO. The number of nitrogens with zero attached hydrogens (tertiary/aromatic N) is 1. The summed E-state index contributed by atoms with van der Waals surface area (Å²) in [5.41, 5.74) is 4.64. The molecule has 3 heteroatoms. The Balaban J connectivity index is 0.00000116. The molecule has 0 aliphatic carbocycles. The number of methoxy groups -OCH3 is 1. The lowest BCUT2D eigenvalue weighted by Crippen LogP contribution is -1.99. The number of aromatic nitrogens is 1. The van der Waals surface area contributed by atoms with Crippen LogP contribution in [0.4, 0.5) is 4.39 Å². The number of aryl methyl sites for hydroxylation is 2. The second-order valence-electron chi connectivity index (χ2n) is 5.37. The van der Waals surface area contributed by atoms with E-state index in [0.29, 0.717) is 11.3 Å². The minimum absolute atomic E-state index is 0.123. The highest BCUT2D eigenvalue weighted by atomic mass is 19.1. The van der Waals surface area contributed by atoms with Gasteiger partial charge in [0.2, 0.25) is 0 Å². The predicted octanol–water partition coefficient (Wildman–Crippen LogP) is 5.66. The third-order valence-corrected chi connectivity index (χ3v) is 3.48. The van der Waals surface area contributed by atoms with Gasteiger partial charge in [-0.05, 0) is 43.0 Å². The molecule has 0 radical (unpaired) electrons. The van der Waals surface area contributed by atoms with Crippen molar-refractivity contribution in [3.05, 3.63) is 47.0 Å². The molecule has 1 aromatic carbocycles. The molecule has 0 amide bonds. The molecule has 0 atom stereocenters. The molecule has 0 bridgehead atoms. The van der Waals surface area contributed by atoms with Gasteiger partial charge >= 0.3 is 0 Å². The first kappa shape index (κ1) is 18.1. The molecule has 0 aliphatic rings. The summed E-state index contributed by atoms with van der Waals surface area (Å²) in [4.78, 5) is 4.34. The smallest absolute Gasteiger partial charge is 0.130 e. The van der Waals surface area contributed by atoms with Gasteiger partial charge in [0.25, 0.3) is 0 Å². The van der Waals surface area contributed by atoms with Crippen molar-refractivity contribution in [2.45, 2.75) is 47.5 Å². The number of ether oxygens (including phenoxy) is 1. The van der Waals surface area contributed by atoms with E-state index in [1.807, 2.05) is 59.9 Å². The molecule has 0 fully saturated rings. The molecule has 1 heterocycles. The number of halogens is 1. The molecule has 22 heavy (non-hydrogen) atoms. The average Bonchev–Trinajstić information content (AvgIpc) is 2.49. The first-order valence-electron chi connectivity index (χ1n) is 7.75. The Morgan fingerprint density at radius 2 is 1.68 bits per heavy atom. The zero-order valence-corrected chi connectivity index (χ0v) is 14.6. The molecule has 2 nitrogen and oxygen atoms in total. The van der Waals surface area contributed by atoms with Crippen molar-refractivity contribution >= 4 is 0 Å². The summed E-state index contributed by atoms with van der Waals surface area (Å²) in [6.45, 7) is 11.9. The summed E-state index contributed by atoms with van der Waals surface area (Å²) < 4.78 is 19.4. The lowest BCUT2D eigenvalue weighted by molar-refractivity contribution is 0.412. The van der Waals surface area contributed by atoms with Gasteiger partial charge in [0.15, 0.2) is 0 Å². The SMILES string of the molecule is CC.COc1cc(F)c(C(C)C)cc1-c1cnc(C)cc1C. The van der Waals surface area contributed by atoms with Crippen LogP contribution in [0.5, 0.6) is 5.75 Å². The van der Waals surface area contributed by atoms with Crippen LogP contribution in [0.2, 0.25) is 0 Å². The predicted molar refractivity (Wildman–Crippen MR) is 91.1 cm³/mol. The van der Waals surface area contributed by atoms with Crippen LogP contribution in [-0.4, -0.2) is 12.1 Å². The van der Waals surface area contributed by atoms with Gasteiger partial charge in [-0.3, -0.25) is 4.98 Å². The Kier molecular flexibility index (Phi) is 6.54. The summed E-state index contributed by atoms with van der Waals surface area (Å²) in [5.74, 6) is 0.442. The molecule has 0 unspecified atom stereocenters. The average molecular weight is 303 g/mol. The van der Waals surface area contributed by atoms with Crippen molar-refractivity contribution in [1.29, 1.82) is 0 Å². The van der Waals surface area contributed by atoms with E-state index in [1.54, 1.807) is 7.11 Å². The van der Waals surface area contributed by atoms with Crippen LogP contribution >= 0.6 is 0 Å². The third kappa shape index (κ3) is 3.85. The summed E-state index contributed by atoms with van der Waals surface area (Å²) in [6.07, 6.45) is 1.82. The zero-order chi connectivity index (χ0) is 16.9. The van der Waals surface area contributed by atoms with Crippen LogP contribution in [0.25, 0.3) is 11.1 Å². The maximum Gasteiger partial charge on any atom is 0.130 e. The largest absolute Gasteiger partial charge is 0.496 e. The molecule has 2 rings (SSSR count). The fourth-order valence-corrected chi connectivity index (χ4v) is 2.37. The van der Waals surface area contributed by atoms with Crippen molar-refractivity contribution < 1.29 is 9.13 Å². The van der Waals surface area contributed by atoms with Gasteiger partial charge in [0.05, 0.1) is 7.11 Å². The Hall–Kier alpha value is -1.90. The molecule has 0 N–H and O–H groups in total. The van der Waals surface area contributed by atoms with Gasteiger partial charge < -0.3 is 4.74 Å². The molecular weight excluding hydrogens is 277 g/mol. The standard InChI is InChI=1S/C17H20FNO.C2H6/c1-10(2)13-7-14(17(20-5)8-16(13)18)15-9-19-12(4)6-11(15)3;1-2/h6-10H,1-5H3;1-2H3. The van der Waals surface area contributed by atoms with E-state index < -0.39 is 0 Å². The normalized spacial score (nSPS) is 10.2. The van der Waals surface area contributed by atoms with Crippen LogP contribution in [0.3, 0.4) is 0 Å². The molecule has 0 spiro atoms. The number of hydrogen-bond acceptors (Lipinski definition) is 2. The van der Waals surface area contributed by atoms with Gasteiger partial charge in [-0.1, -0.05) is 27.7 Å². The van der Waals surface area contributed by atoms with Crippen molar-refractivity contribution in [3.8, 4) is 16.9 Å². The molecule has 120 valence electrons. The summed E-state index contributed by atoms with van der Waals surface area (Å²) in [6, 6.07) is 5.36. The van der Waals surface area contributed by atoms with Crippen molar-refractivity contribution in [1.82, 2.24) is 4.98 Å². The number of hydrogen-bond donors (Lipinski definition) is 0. The van der Waals surface area contributed by atoms with Crippen LogP contribution in [0.1, 0.15) is 50.4 Å². The summed E-state index contributed by atoms with van der Waals surface area (Å²) in [5, 5.41) is 0. The Morgan fingerprint density at radius 3 is 2.18 bits per heavy atom. The Bertz CT molecular complexity index is 636. The molecule has 0 aliphatic heterocycles. The van der Waals surface area contributed by atoms with Gasteiger partial charge in [-0.2, -0.15) is 0 Å². The van der Waals surface area contributed by atoms with Crippen molar-refractivity contribution in [2.75, 3.05) is 7.11 Å². The highest BCUT2D eigenvalue weighted by Crippen LogP contribution is 2.36. The first-order chi connectivity index (χ1) is 10.4. The van der Waals surface area contributed by atoms with Crippen LogP contribution < -0.4 is 4.74 Å². The van der Waals surface area contributed by atoms with E-state index in [9.17, 15) is 4.39 Å². The molecule has 0 saturated heterocycles. The maximum absolute atomic E-state index is 14.1.